The van der Waals surface area contributed by atoms with Gasteiger partial charge in [0.1, 0.15) is 28.9 Å². The molecule has 5 aromatic rings. The van der Waals surface area contributed by atoms with Crippen molar-refractivity contribution in [1.29, 1.82) is 5.26 Å². The van der Waals surface area contributed by atoms with E-state index in [0.717, 1.165) is 0 Å². The summed E-state index contributed by atoms with van der Waals surface area (Å²) in [7, 11) is 0. The van der Waals surface area contributed by atoms with Crippen molar-refractivity contribution >= 4 is 29.7 Å². The van der Waals surface area contributed by atoms with Gasteiger partial charge in [0.15, 0.2) is 11.5 Å². The van der Waals surface area contributed by atoms with Crippen LogP contribution in [0.3, 0.4) is 0 Å². The van der Waals surface area contributed by atoms with Gasteiger partial charge >= 0.3 is 5.97 Å². The summed E-state index contributed by atoms with van der Waals surface area (Å²) in [5.41, 5.74) is 1.51. The lowest BCUT2D eigenvalue weighted by Crippen LogP contribution is -2.05. The summed E-state index contributed by atoms with van der Waals surface area (Å²) in [4.78, 5) is 16.5. The van der Waals surface area contributed by atoms with Crippen LogP contribution in [0.25, 0.3) is 34.2 Å². The number of carbonyl (C=O) groups excluding carboxylic acids is 1. The molecule has 0 bridgehead atoms. The van der Waals surface area contributed by atoms with E-state index >= 15 is 0 Å². The number of benzene rings is 1. The average molecular weight is 501 g/mol. The molecule has 0 N–H and O–H groups in total. The molecule has 4 heterocycles. The number of hydrogen-bond acceptors (Lipinski definition) is 8. The Hall–Kier alpha value is -4.74. The standard InChI is InChI=1S/C27H17ClN2O6/c1-2-32-27(31)18-13-16(7-9-20(18)28)21-10-8-17(35-21)15-30-26-19(14-29)24(22-5-3-11-33-22)25(36-26)23-6-4-12-34-23/h3-13,15H,2H2,1H3. The van der Waals surface area contributed by atoms with E-state index < -0.39 is 5.97 Å². The van der Waals surface area contributed by atoms with Crippen LogP contribution in [0.15, 0.2) is 89.8 Å². The number of ether oxygens (including phenoxy) is 1. The molecule has 0 saturated carbocycles. The number of hydrogen-bond donors (Lipinski definition) is 0. The van der Waals surface area contributed by atoms with E-state index in [-0.39, 0.29) is 28.6 Å². The van der Waals surface area contributed by atoms with Crippen LogP contribution in [0.2, 0.25) is 5.02 Å². The van der Waals surface area contributed by atoms with Gasteiger partial charge in [-0.25, -0.2) is 9.79 Å². The highest BCUT2D eigenvalue weighted by molar-refractivity contribution is 6.33. The number of nitriles is 1. The van der Waals surface area contributed by atoms with E-state index in [9.17, 15) is 10.1 Å². The second-order valence-corrected chi connectivity index (χ2v) is 7.84. The third-order valence-electron chi connectivity index (χ3n) is 5.20. The topological polar surface area (TPSA) is 115 Å². The fourth-order valence-electron chi connectivity index (χ4n) is 3.59. The van der Waals surface area contributed by atoms with Gasteiger partial charge in [0.05, 0.1) is 41.5 Å². The van der Waals surface area contributed by atoms with Gasteiger partial charge in [-0.15, -0.1) is 0 Å². The minimum Gasteiger partial charge on any atom is -0.464 e. The summed E-state index contributed by atoms with van der Waals surface area (Å²) < 4.78 is 27.8. The molecule has 0 aliphatic carbocycles. The SMILES string of the molecule is CCOC(=O)c1cc(-c2ccc(C=Nc3oc(-c4ccco4)c(-c4ccco4)c3C#N)o2)ccc1Cl. The first-order chi connectivity index (χ1) is 17.6. The Morgan fingerprint density at radius 1 is 1.06 bits per heavy atom. The van der Waals surface area contributed by atoms with Crippen LogP contribution in [0.4, 0.5) is 5.88 Å². The molecule has 8 nitrogen and oxygen atoms in total. The van der Waals surface area contributed by atoms with Crippen molar-refractivity contribution in [1.82, 2.24) is 0 Å². The summed E-state index contributed by atoms with van der Waals surface area (Å²) in [5.74, 6) is 1.65. The fraction of sp³-hybridized carbons (Fsp3) is 0.0741. The predicted octanol–water partition coefficient (Wildman–Crippen LogP) is 7.51. The fourth-order valence-corrected chi connectivity index (χ4v) is 3.79. The van der Waals surface area contributed by atoms with E-state index in [1.807, 2.05) is 0 Å². The van der Waals surface area contributed by atoms with Crippen LogP contribution in [0.5, 0.6) is 0 Å². The van der Waals surface area contributed by atoms with Crippen LogP contribution in [0.1, 0.15) is 28.6 Å². The van der Waals surface area contributed by atoms with Crippen molar-refractivity contribution in [2.45, 2.75) is 6.92 Å². The van der Waals surface area contributed by atoms with Crippen LogP contribution in [-0.2, 0) is 4.74 Å². The van der Waals surface area contributed by atoms with Gasteiger partial charge in [-0.2, -0.15) is 5.26 Å². The molecule has 4 aromatic heterocycles. The largest absolute Gasteiger partial charge is 0.464 e. The van der Waals surface area contributed by atoms with Crippen LogP contribution >= 0.6 is 11.6 Å². The van der Waals surface area contributed by atoms with Gasteiger partial charge in [-0.3, -0.25) is 0 Å². The molecule has 9 heteroatoms. The molecule has 1 aromatic carbocycles. The molecule has 5 rings (SSSR count). The van der Waals surface area contributed by atoms with Crippen LogP contribution in [-0.4, -0.2) is 18.8 Å². The summed E-state index contributed by atoms with van der Waals surface area (Å²) >= 11 is 6.15. The Balaban J connectivity index is 1.48. The first-order valence-corrected chi connectivity index (χ1v) is 11.2. The zero-order valence-electron chi connectivity index (χ0n) is 18.9. The molecule has 0 saturated heterocycles. The second-order valence-electron chi connectivity index (χ2n) is 7.43. The highest BCUT2D eigenvalue weighted by Crippen LogP contribution is 2.42. The molecular formula is C27H17ClN2O6. The Kier molecular flexibility index (Phi) is 6.31. The number of nitrogens with zero attached hydrogens (tertiary/aromatic N) is 2. The molecule has 0 amide bonds. The third-order valence-corrected chi connectivity index (χ3v) is 5.53. The van der Waals surface area contributed by atoms with Crippen molar-refractivity contribution in [3.63, 3.8) is 0 Å². The quantitative estimate of drug-likeness (QED) is 0.168. The molecule has 0 unspecified atom stereocenters. The van der Waals surface area contributed by atoms with Gasteiger partial charge in [0.2, 0.25) is 5.88 Å². The number of halogens is 1. The lowest BCUT2D eigenvalue weighted by molar-refractivity contribution is 0.0526. The summed E-state index contributed by atoms with van der Waals surface area (Å²) in [6.45, 7) is 1.96. The number of aliphatic imine (C=N–C) groups is 1. The second kappa shape index (κ2) is 9.86. The van der Waals surface area contributed by atoms with Crippen LogP contribution < -0.4 is 0 Å². The minimum absolute atomic E-state index is 0.0735. The van der Waals surface area contributed by atoms with E-state index in [4.69, 9.17) is 34.0 Å². The summed E-state index contributed by atoms with van der Waals surface area (Å²) in [5, 5.41) is 10.1. The molecule has 0 atom stereocenters. The van der Waals surface area contributed by atoms with E-state index in [0.29, 0.717) is 39.9 Å². The minimum atomic E-state index is -0.515. The molecule has 0 spiro atoms. The highest BCUT2D eigenvalue weighted by atomic mass is 35.5. The lowest BCUT2D eigenvalue weighted by atomic mass is 10.1. The first kappa shape index (κ1) is 23.0. The predicted molar refractivity (Wildman–Crippen MR) is 131 cm³/mol. The first-order valence-electron chi connectivity index (χ1n) is 10.8. The molecule has 0 aliphatic rings. The number of esters is 1. The average Bonchev–Trinajstić information content (AvgIpc) is 3.68. The monoisotopic (exact) mass is 500 g/mol. The Morgan fingerprint density at radius 3 is 2.53 bits per heavy atom. The molecule has 178 valence electrons. The van der Waals surface area contributed by atoms with Crippen molar-refractivity contribution in [2.75, 3.05) is 6.61 Å². The maximum Gasteiger partial charge on any atom is 0.339 e. The van der Waals surface area contributed by atoms with E-state index in [1.54, 1.807) is 61.5 Å². The van der Waals surface area contributed by atoms with Gasteiger partial charge in [-0.05, 0) is 61.5 Å². The third kappa shape index (κ3) is 4.35. The maximum absolute atomic E-state index is 12.2. The number of furan rings is 4. The Morgan fingerprint density at radius 2 is 1.83 bits per heavy atom. The Bertz CT molecular complexity index is 1580. The van der Waals surface area contributed by atoms with E-state index in [1.165, 1.54) is 18.7 Å². The normalized spacial score (nSPS) is 11.1. The van der Waals surface area contributed by atoms with Crippen molar-refractivity contribution in [3.05, 3.63) is 89.0 Å². The van der Waals surface area contributed by atoms with Gasteiger partial charge in [-0.1, -0.05) is 11.6 Å². The van der Waals surface area contributed by atoms with Crippen molar-refractivity contribution in [2.24, 2.45) is 4.99 Å². The zero-order chi connectivity index (χ0) is 25.1. The smallest absolute Gasteiger partial charge is 0.339 e. The Labute approximate surface area is 210 Å². The molecule has 0 radical (unpaired) electrons. The maximum atomic E-state index is 12.2. The lowest BCUT2D eigenvalue weighted by Gasteiger charge is -2.05. The number of carbonyl (C=O) groups is 1. The number of rotatable bonds is 7. The van der Waals surface area contributed by atoms with Gasteiger partial charge in [0, 0.05) is 5.56 Å². The molecule has 36 heavy (non-hydrogen) atoms. The molecule has 0 fully saturated rings. The molecular weight excluding hydrogens is 484 g/mol. The summed E-state index contributed by atoms with van der Waals surface area (Å²) in [6.07, 6.45) is 4.45. The van der Waals surface area contributed by atoms with E-state index in [2.05, 4.69) is 11.1 Å². The highest BCUT2D eigenvalue weighted by Gasteiger charge is 2.26. The zero-order valence-corrected chi connectivity index (χ0v) is 19.6. The van der Waals surface area contributed by atoms with Crippen LogP contribution in [0, 0.1) is 11.3 Å². The molecule has 0 aliphatic heterocycles. The van der Waals surface area contributed by atoms with Gasteiger partial charge < -0.3 is 22.4 Å². The van der Waals surface area contributed by atoms with Crippen molar-refractivity contribution < 1.29 is 27.2 Å². The van der Waals surface area contributed by atoms with Crippen molar-refractivity contribution in [3.8, 4) is 40.2 Å². The van der Waals surface area contributed by atoms with Gasteiger partial charge in [0.25, 0.3) is 0 Å². The summed E-state index contributed by atoms with van der Waals surface area (Å²) in [6, 6.07) is 17.4.